The van der Waals surface area contributed by atoms with Gasteiger partial charge in [-0.3, -0.25) is 4.79 Å². The number of carbonyl (C=O) groups is 2. The highest BCUT2D eigenvalue weighted by Gasteiger charge is 2.30. The van der Waals surface area contributed by atoms with Crippen LogP contribution in [0, 0.1) is 0 Å². The van der Waals surface area contributed by atoms with Crippen molar-refractivity contribution >= 4 is 17.7 Å². The average molecular weight is 325 g/mol. The number of carbonyl (C=O) groups excluding carboxylic acids is 2. The van der Waals surface area contributed by atoms with Gasteiger partial charge in [-0.25, -0.2) is 9.78 Å². The normalized spacial score (nSPS) is 16.1. The smallest absolute Gasteiger partial charge is 0.339 e. The van der Waals surface area contributed by atoms with Crippen molar-refractivity contribution < 1.29 is 14.3 Å². The predicted octanol–water partition coefficient (Wildman–Crippen LogP) is 1.55. The Labute approximate surface area is 140 Å². The third kappa shape index (κ3) is 3.37. The van der Waals surface area contributed by atoms with Gasteiger partial charge in [0.1, 0.15) is 5.82 Å². The summed E-state index contributed by atoms with van der Waals surface area (Å²) in [5, 5.41) is 2.82. The summed E-state index contributed by atoms with van der Waals surface area (Å²) >= 11 is 0. The Hall–Kier alpha value is -2.89. The number of amides is 1. The second-order valence-electron chi connectivity index (χ2n) is 5.89. The summed E-state index contributed by atoms with van der Waals surface area (Å²) in [7, 11) is 3.81. The van der Waals surface area contributed by atoms with Gasteiger partial charge in [0.15, 0.2) is 6.10 Å². The standard InChI is InChI=1S/C18H19N3O3/c1-21(2)16-9-12(7-8-19-16)11-20-17(22)15-10-13-5-3-4-6-14(13)18(23)24-15/h3-9,15H,10-11H2,1-2H3,(H,20,22). The Morgan fingerprint density at radius 3 is 2.92 bits per heavy atom. The molecule has 0 saturated carbocycles. The van der Waals surface area contributed by atoms with Crippen LogP contribution in [0.5, 0.6) is 0 Å². The molecule has 6 nitrogen and oxygen atoms in total. The van der Waals surface area contributed by atoms with Crippen LogP contribution >= 0.6 is 0 Å². The van der Waals surface area contributed by atoms with E-state index >= 15 is 0 Å². The van der Waals surface area contributed by atoms with Gasteiger partial charge < -0.3 is 15.0 Å². The van der Waals surface area contributed by atoms with Crippen molar-refractivity contribution in [1.82, 2.24) is 10.3 Å². The summed E-state index contributed by atoms with van der Waals surface area (Å²) < 4.78 is 5.25. The van der Waals surface area contributed by atoms with Gasteiger partial charge in [-0.2, -0.15) is 0 Å². The summed E-state index contributed by atoms with van der Waals surface area (Å²) in [6.07, 6.45) is 1.31. The second kappa shape index (κ2) is 6.70. The van der Waals surface area contributed by atoms with Gasteiger partial charge in [-0.15, -0.1) is 0 Å². The fourth-order valence-electron chi connectivity index (χ4n) is 2.60. The molecule has 1 unspecified atom stereocenters. The number of anilines is 1. The highest BCUT2D eigenvalue weighted by atomic mass is 16.5. The van der Waals surface area contributed by atoms with Crippen molar-refractivity contribution in [2.45, 2.75) is 19.1 Å². The molecule has 0 aliphatic carbocycles. The summed E-state index contributed by atoms with van der Waals surface area (Å²) in [4.78, 5) is 30.4. The number of fused-ring (bicyclic) bond motifs is 1. The fraction of sp³-hybridized carbons (Fsp3) is 0.278. The molecule has 0 fully saturated rings. The Kier molecular flexibility index (Phi) is 4.46. The van der Waals surface area contributed by atoms with Gasteiger partial charge in [0.25, 0.3) is 5.91 Å². The number of cyclic esters (lactones) is 1. The van der Waals surface area contributed by atoms with E-state index in [2.05, 4.69) is 10.3 Å². The number of esters is 1. The van der Waals surface area contributed by atoms with Crippen LogP contribution in [0.3, 0.4) is 0 Å². The van der Waals surface area contributed by atoms with Crippen LogP contribution in [0.2, 0.25) is 0 Å². The fourth-order valence-corrected chi connectivity index (χ4v) is 2.60. The number of aromatic nitrogens is 1. The number of benzene rings is 1. The number of rotatable bonds is 4. The number of hydrogen-bond donors (Lipinski definition) is 1. The quantitative estimate of drug-likeness (QED) is 0.864. The molecule has 1 aromatic heterocycles. The Morgan fingerprint density at radius 1 is 1.33 bits per heavy atom. The van der Waals surface area contributed by atoms with E-state index in [0.717, 1.165) is 16.9 Å². The molecule has 2 heterocycles. The zero-order valence-electron chi connectivity index (χ0n) is 13.7. The maximum atomic E-state index is 12.3. The van der Waals surface area contributed by atoms with Crippen LogP contribution in [0.4, 0.5) is 5.82 Å². The first-order valence-electron chi connectivity index (χ1n) is 7.73. The van der Waals surface area contributed by atoms with E-state index in [0.29, 0.717) is 18.5 Å². The first-order chi connectivity index (χ1) is 11.5. The van der Waals surface area contributed by atoms with E-state index < -0.39 is 12.1 Å². The van der Waals surface area contributed by atoms with Gasteiger partial charge in [-0.05, 0) is 29.3 Å². The number of nitrogens with one attached hydrogen (secondary N) is 1. The van der Waals surface area contributed by atoms with E-state index in [4.69, 9.17) is 4.74 Å². The van der Waals surface area contributed by atoms with E-state index in [1.807, 2.05) is 43.3 Å². The van der Waals surface area contributed by atoms with Crippen LogP contribution < -0.4 is 10.2 Å². The molecule has 0 bridgehead atoms. The molecular formula is C18H19N3O3. The molecule has 1 aromatic carbocycles. The maximum absolute atomic E-state index is 12.3. The van der Waals surface area contributed by atoms with Crippen molar-refractivity contribution in [3.8, 4) is 0 Å². The molecular weight excluding hydrogens is 306 g/mol. The topological polar surface area (TPSA) is 71.5 Å². The van der Waals surface area contributed by atoms with E-state index in [1.54, 1.807) is 18.3 Å². The molecule has 0 spiro atoms. The lowest BCUT2D eigenvalue weighted by atomic mass is 9.98. The Morgan fingerprint density at radius 2 is 2.12 bits per heavy atom. The van der Waals surface area contributed by atoms with Crippen molar-refractivity contribution in [1.29, 1.82) is 0 Å². The van der Waals surface area contributed by atoms with Crippen molar-refractivity contribution in [2.75, 3.05) is 19.0 Å². The molecule has 6 heteroatoms. The van der Waals surface area contributed by atoms with Gasteiger partial charge >= 0.3 is 5.97 Å². The zero-order valence-corrected chi connectivity index (χ0v) is 13.7. The van der Waals surface area contributed by atoms with Gasteiger partial charge in [0, 0.05) is 33.3 Å². The molecule has 0 saturated heterocycles. The van der Waals surface area contributed by atoms with E-state index in [-0.39, 0.29) is 5.91 Å². The largest absolute Gasteiger partial charge is 0.448 e. The Balaban J connectivity index is 1.64. The van der Waals surface area contributed by atoms with Crippen molar-refractivity contribution in [3.05, 3.63) is 59.3 Å². The molecule has 2 aromatic rings. The molecule has 24 heavy (non-hydrogen) atoms. The summed E-state index contributed by atoms with van der Waals surface area (Å²) in [5.41, 5.74) is 2.31. The average Bonchev–Trinajstić information content (AvgIpc) is 2.60. The molecule has 0 radical (unpaired) electrons. The second-order valence-corrected chi connectivity index (χ2v) is 5.89. The third-order valence-corrected chi connectivity index (χ3v) is 3.92. The zero-order chi connectivity index (χ0) is 17.1. The summed E-state index contributed by atoms with van der Waals surface area (Å²) in [6, 6.07) is 10.9. The first-order valence-corrected chi connectivity index (χ1v) is 7.73. The number of pyridine rings is 1. The molecule has 1 N–H and O–H groups in total. The van der Waals surface area contributed by atoms with Crippen molar-refractivity contribution in [2.24, 2.45) is 0 Å². The molecule has 1 aliphatic rings. The number of nitrogens with zero attached hydrogens (tertiary/aromatic N) is 2. The Bertz CT molecular complexity index is 774. The lowest BCUT2D eigenvalue weighted by molar-refractivity contribution is -0.130. The lowest BCUT2D eigenvalue weighted by Gasteiger charge is -2.23. The monoisotopic (exact) mass is 325 g/mol. The minimum atomic E-state index is -0.789. The third-order valence-electron chi connectivity index (χ3n) is 3.92. The van der Waals surface area contributed by atoms with Crippen LogP contribution in [-0.2, 0) is 22.5 Å². The molecule has 1 atom stereocenters. The van der Waals surface area contributed by atoms with Crippen LogP contribution in [0.15, 0.2) is 42.6 Å². The minimum Gasteiger partial charge on any atom is -0.448 e. The minimum absolute atomic E-state index is 0.291. The lowest BCUT2D eigenvalue weighted by Crippen LogP contribution is -2.41. The SMILES string of the molecule is CN(C)c1cc(CNC(=O)C2Cc3ccccc3C(=O)O2)ccn1. The van der Waals surface area contributed by atoms with Gasteiger partial charge in [0.05, 0.1) is 5.56 Å². The number of hydrogen-bond acceptors (Lipinski definition) is 5. The highest BCUT2D eigenvalue weighted by Crippen LogP contribution is 2.20. The van der Waals surface area contributed by atoms with Crippen LogP contribution in [0.1, 0.15) is 21.5 Å². The maximum Gasteiger partial charge on any atom is 0.339 e. The molecule has 3 rings (SSSR count). The molecule has 1 aliphatic heterocycles. The first kappa shape index (κ1) is 16.0. The molecule has 124 valence electrons. The predicted molar refractivity (Wildman–Crippen MR) is 89.8 cm³/mol. The van der Waals surface area contributed by atoms with E-state index in [1.165, 1.54) is 0 Å². The summed E-state index contributed by atoms with van der Waals surface area (Å²) in [5.74, 6) is 0.0802. The van der Waals surface area contributed by atoms with Gasteiger partial charge in [0.2, 0.25) is 0 Å². The number of ether oxygens (including phenoxy) is 1. The highest BCUT2D eigenvalue weighted by molar-refractivity contribution is 5.95. The molecule has 1 amide bonds. The van der Waals surface area contributed by atoms with Crippen LogP contribution in [0.25, 0.3) is 0 Å². The van der Waals surface area contributed by atoms with Crippen LogP contribution in [-0.4, -0.2) is 37.1 Å². The van der Waals surface area contributed by atoms with Gasteiger partial charge in [-0.1, -0.05) is 18.2 Å². The van der Waals surface area contributed by atoms with E-state index in [9.17, 15) is 9.59 Å². The summed E-state index contributed by atoms with van der Waals surface area (Å²) in [6.45, 7) is 0.359. The van der Waals surface area contributed by atoms with Crippen molar-refractivity contribution in [3.63, 3.8) is 0 Å².